The van der Waals surface area contributed by atoms with E-state index in [4.69, 9.17) is 4.74 Å². The number of hydrogen-bond donors (Lipinski definition) is 2. The first kappa shape index (κ1) is 18.7. The van der Waals surface area contributed by atoms with E-state index < -0.39 is 0 Å². The molecule has 0 radical (unpaired) electrons. The van der Waals surface area contributed by atoms with Crippen molar-refractivity contribution in [2.75, 3.05) is 13.2 Å². The molecule has 3 rings (SSSR count). The molecule has 1 amide bonds. The van der Waals surface area contributed by atoms with Gasteiger partial charge in [0.15, 0.2) is 0 Å². The maximum Gasteiger partial charge on any atom is 0.271 e. The zero-order chi connectivity index (χ0) is 19.3. The average molecular weight is 363 g/mol. The Hall–Kier alpha value is -3.08. The lowest BCUT2D eigenvalue weighted by Gasteiger charge is -2.14. The van der Waals surface area contributed by atoms with Crippen LogP contribution in [-0.2, 0) is 5.41 Å². The van der Waals surface area contributed by atoms with Crippen molar-refractivity contribution in [2.45, 2.75) is 26.2 Å². The highest BCUT2D eigenvalue weighted by atomic mass is 16.5. The summed E-state index contributed by atoms with van der Waals surface area (Å²) in [5.74, 6) is 0.592. The molecule has 0 aliphatic heterocycles. The first-order valence-electron chi connectivity index (χ1n) is 9.06. The fourth-order valence-corrected chi connectivity index (χ4v) is 2.69. The maximum atomic E-state index is 12.2. The number of aromatic nitrogens is 2. The molecule has 0 spiro atoms. The highest BCUT2D eigenvalue weighted by molar-refractivity contribution is 5.92. The number of para-hydroxylation sites is 1. The molecule has 2 aromatic carbocycles. The number of rotatable bonds is 6. The number of nitrogens with zero attached hydrogens (tertiary/aromatic N) is 1. The minimum atomic E-state index is -0.207. The Labute approximate surface area is 159 Å². The molecule has 0 unspecified atom stereocenters. The van der Waals surface area contributed by atoms with Crippen molar-refractivity contribution in [1.82, 2.24) is 15.5 Å². The lowest BCUT2D eigenvalue weighted by Crippen LogP contribution is -2.28. The van der Waals surface area contributed by atoms with Gasteiger partial charge in [-0.3, -0.25) is 9.89 Å². The number of amides is 1. The predicted octanol–water partition coefficient (Wildman–Crippen LogP) is 4.18. The van der Waals surface area contributed by atoms with Gasteiger partial charge in [-0.15, -0.1) is 0 Å². The molecule has 0 saturated heterocycles. The molecule has 27 heavy (non-hydrogen) atoms. The van der Waals surface area contributed by atoms with Crippen LogP contribution in [0.5, 0.6) is 5.75 Å². The summed E-state index contributed by atoms with van der Waals surface area (Å²) in [6.07, 6.45) is 0. The lowest BCUT2D eigenvalue weighted by molar-refractivity contribution is 0.0942. The topological polar surface area (TPSA) is 67.0 Å². The van der Waals surface area contributed by atoms with Crippen LogP contribution in [0.25, 0.3) is 11.1 Å². The number of H-pyrrole nitrogens is 1. The predicted molar refractivity (Wildman–Crippen MR) is 107 cm³/mol. The molecular formula is C22H25N3O2. The van der Waals surface area contributed by atoms with Crippen LogP contribution in [0, 0.1) is 0 Å². The Morgan fingerprint density at radius 2 is 1.78 bits per heavy atom. The lowest BCUT2D eigenvalue weighted by atomic mass is 9.92. The normalized spacial score (nSPS) is 11.2. The largest absolute Gasteiger partial charge is 0.491 e. The van der Waals surface area contributed by atoms with Crippen LogP contribution in [-0.4, -0.2) is 29.3 Å². The van der Waals surface area contributed by atoms with Crippen molar-refractivity contribution in [1.29, 1.82) is 0 Å². The Morgan fingerprint density at radius 3 is 2.48 bits per heavy atom. The van der Waals surface area contributed by atoms with Gasteiger partial charge >= 0.3 is 0 Å². The molecular weight excluding hydrogens is 338 g/mol. The Kier molecular flexibility index (Phi) is 5.60. The number of aromatic amines is 1. The first-order chi connectivity index (χ1) is 12.9. The number of nitrogens with one attached hydrogen (secondary N) is 2. The van der Waals surface area contributed by atoms with E-state index in [0.29, 0.717) is 18.8 Å². The van der Waals surface area contributed by atoms with Gasteiger partial charge in [0.1, 0.15) is 18.1 Å². The molecule has 0 atom stereocenters. The number of carbonyl (C=O) groups is 1. The fraction of sp³-hybridized carbons (Fsp3) is 0.273. The molecule has 2 N–H and O–H groups in total. The monoisotopic (exact) mass is 363 g/mol. The van der Waals surface area contributed by atoms with E-state index in [0.717, 1.165) is 22.6 Å². The summed E-state index contributed by atoms with van der Waals surface area (Å²) >= 11 is 0. The van der Waals surface area contributed by atoms with Gasteiger partial charge in [0, 0.05) is 16.7 Å². The van der Waals surface area contributed by atoms with Gasteiger partial charge in [-0.05, 0) is 17.7 Å². The summed E-state index contributed by atoms with van der Waals surface area (Å²) in [7, 11) is 0. The summed E-state index contributed by atoms with van der Waals surface area (Å²) in [6.45, 7) is 6.99. The summed E-state index contributed by atoms with van der Waals surface area (Å²) < 4.78 is 5.89. The summed E-state index contributed by atoms with van der Waals surface area (Å²) in [5.41, 5.74) is 3.38. The molecule has 5 heteroatoms. The average Bonchev–Trinajstić information content (AvgIpc) is 3.17. The summed E-state index contributed by atoms with van der Waals surface area (Å²) in [4.78, 5) is 12.2. The van der Waals surface area contributed by atoms with Gasteiger partial charge in [-0.1, -0.05) is 69.3 Å². The third kappa shape index (κ3) is 4.76. The van der Waals surface area contributed by atoms with Gasteiger partial charge in [0.2, 0.25) is 0 Å². The smallest absolute Gasteiger partial charge is 0.271 e. The number of carbonyl (C=O) groups excluding carboxylic acids is 1. The molecule has 0 saturated carbocycles. The summed E-state index contributed by atoms with van der Waals surface area (Å²) in [5, 5.41) is 9.87. The van der Waals surface area contributed by atoms with E-state index in [1.54, 1.807) is 6.07 Å². The highest BCUT2D eigenvalue weighted by Gasteiger charge is 2.19. The van der Waals surface area contributed by atoms with Gasteiger partial charge < -0.3 is 10.1 Å². The maximum absolute atomic E-state index is 12.2. The van der Waals surface area contributed by atoms with E-state index in [-0.39, 0.29) is 11.3 Å². The van der Waals surface area contributed by atoms with Gasteiger partial charge in [-0.2, -0.15) is 5.10 Å². The molecule has 1 heterocycles. The molecule has 0 aliphatic carbocycles. The van der Waals surface area contributed by atoms with Crippen LogP contribution in [0.2, 0.25) is 0 Å². The molecule has 0 aliphatic rings. The second-order valence-corrected chi connectivity index (χ2v) is 7.38. The Morgan fingerprint density at radius 1 is 1.07 bits per heavy atom. The zero-order valence-corrected chi connectivity index (χ0v) is 16.0. The molecule has 0 bridgehead atoms. The second kappa shape index (κ2) is 8.08. The van der Waals surface area contributed by atoms with E-state index in [1.807, 2.05) is 54.6 Å². The van der Waals surface area contributed by atoms with Gasteiger partial charge in [-0.25, -0.2) is 0 Å². The van der Waals surface area contributed by atoms with E-state index in [9.17, 15) is 4.79 Å². The Bertz CT molecular complexity index is 895. The van der Waals surface area contributed by atoms with Crippen molar-refractivity contribution in [3.05, 3.63) is 72.1 Å². The summed E-state index contributed by atoms with van der Waals surface area (Å²) in [6, 6.07) is 19.8. The van der Waals surface area contributed by atoms with Crippen LogP contribution in [0.3, 0.4) is 0 Å². The fourth-order valence-electron chi connectivity index (χ4n) is 2.69. The van der Waals surface area contributed by atoms with Crippen molar-refractivity contribution >= 4 is 5.91 Å². The van der Waals surface area contributed by atoms with Crippen molar-refractivity contribution in [3.63, 3.8) is 0 Å². The molecule has 5 nitrogen and oxygen atoms in total. The number of hydrogen-bond acceptors (Lipinski definition) is 3. The zero-order valence-electron chi connectivity index (χ0n) is 16.0. The second-order valence-electron chi connectivity index (χ2n) is 7.38. The van der Waals surface area contributed by atoms with Crippen LogP contribution >= 0.6 is 0 Å². The third-order valence-corrected chi connectivity index (χ3v) is 4.24. The quantitative estimate of drug-likeness (QED) is 0.646. The van der Waals surface area contributed by atoms with Crippen LogP contribution in [0.1, 0.15) is 37.0 Å². The molecule has 0 fully saturated rings. The highest BCUT2D eigenvalue weighted by Crippen LogP contribution is 2.29. The number of benzene rings is 2. The van der Waals surface area contributed by atoms with Crippen LogP contribution in [0.15, 0.2) is 60.7 Å². The van der Waals surface area contributed by atoms with Crippen molar-refractivity contribution < 1.29 is 9.53 Å². The van der Waals surface area contributed by atoms with Crippen molar-refractivity contribution in [2.24, 2.45) is 0 Å². The Balaban J connectivity index is 1.55. The molecule has 140 valence electrons. The molecule has 1 aromatic heterocycles. The minimum Gasteiger partial charge on any atom is -0.491 e. The van der Waals surface area contributed by atoms with Crippen molar-refractivity contribution in [3.8, 4) is 16.9 Å². The van der Waals surface area contributed by atoms with Gasteiger partial charge in [0.05, 0.1) is 6.54 Å². The van der Waals surface area contributed by atoms with E-state index >= 15 is 0 Å². The van der Waals surface area contributed by atoms with Crippen LogP contribution < -0.4 is 10.1 Å². The minimum absolute atomic E-state index is 0.0736. The standard InChI is InChI=1S/C22H25N3O2/c1-22(2,3)20-15-18(24-25-20)21(26)23-13-14-27-19-12-8-7-11-17(19)16-9-5-4-6-10-16/h4-12,15H,13-14H2,1-3H3,(H,23,26)(H,24,25). The first-order valence-corrected chi connectivity index (χ1v) is 9.06. The van der Waals surface area contributed by atoms with Gasteiger partial charge in [0.25, 0.3) is 5.91 Å². The third-order valence-electron chi connectivity index (χ3n) is 4.24. The SMILES string of the molecule is CC(C)(C)c1cc(C(=O)NCCOc2ccccc2-c2ccccc2)n[nH]1. The van der Waals surface area contributed by atoms with Crippen LogP contribution in [0.4, 0.5) is 0 Å². The van der Waals surface area contributed by atoms with E-state index in [1.165, 1.54) is 0 Å². The number of ether oxygens (including phenoxy) is 1. The van der Waals surface area contributed by atoms with E-state index in [2.05, 4.69) is 36.3 Å². The molecule has 3 aromatic rings.